The van der Waals surface area contributed by atoms with E-state index in [-0.39, 0.29) is 5.56 Å². The molecule has 0 radical (unpaired) electrons. The number of carboxylic acid groups (broad SMARTS) is 1. The van der Waals surface area contributed by atoms with Gasteiger partial charge in [0, 0.05) is 0 Å². The van der Waals surface area contributed by atoms with Gasteiger partial charge in [0.05, 0.1) is 18.8 Å². The van der Waals surface area contributed by atoms with Crippen molar-refractivity contribution in [3.8, 4) is 11.5 Å². The van der Waals surface area contributed by atoms with Crippen molar-refractivity contribution in [1.29, 1.82) is 0 Å². The number of hydrogen-bond donors (Lipinski definition) is 1. The molecule has 0 aliphatic rings. The van der Waals surface area contributed by atoms with Crippen molar-refractivity contribution in [2.24, 2.45) is 5.92 Å². The molecule has 0 bridgehead atoms. The van der Waals surface area contributed by atoms with E-state index in [0.29, 0.717) is 12.5 Å². The molecule has 1 N–H and O–H groups in total. The molecule has 0 fully saturated rings. The Morgan fingerprint density at radius 1 is 0.765 bits per heavy atom. The van der Waals surface area contributed by atoms with Gasteiger partial charge in [-0.3, -0.25) is 0 Å². The Balaban J connectivity index is 1.64. The molecule has 4 heteroatoms. The van der Waals surface area contributed by atoms with E-state index in [9.17, 15) is 4.79 Å². The van der Waals surface area contributed by atoms with Crippen molar-refractivity contribution < 1.29 is 19.4 Å². The molecule has 2 rings (SSSR count). The number of benzene rings is 2. The van der Waals surface area contributed by atoms with Gasteiger partial charge in [0.1, 0.15) is 11.5 Å². The highest BCUT2D eigenvalue weighted by molar-refractivity contribution is 5.87. The molecule has 34 heavy (non-hydrogen) atoms. The minimum Gasteiger partial charge on any atom is -0.494 e. The molecule has 0 aromatic heterocycles. The van der Waals surface area contributed by atoms with Crippen LogP contribution in [0.4, 0.5) is 0 Å². The van der Waals surface area contributed by atoms with Gasteiger partial charge in [0.15, 0.2) is 0 Å². The Bertz CT molecular complexity index is 798. The minimum absolute atomic E-state index is 0.285. The second kappa shape index (κ2) is 16.2. The molecule has 0 heterocycles. The molecule has 1 unspecified atom stereocenters. The highest BCUT2D eigenvalue weighted by atomic mass is 16.5. The number of aromatic carboxylic acids is 1. The lowest BCUT2D eigenvalue weighted by Crippen LogP contribution is -2.02. The van der Waals surface area contributed by atoms with Crippen LogP contribution in [0.3, 0.4) is 0 Å². The second-order valence-electron chi connectivity index (χ2n) is 9.44. The largest absolute Gasteiger partial charge is 0.494 e. The lowest BCUT2D eigenvalue weighted by molar-refractivity contribution is 0.0697. The fourth-order valence-corrected chi connectivity index (χ4v) is 4.22. The SMILES string of the molecule is CCCC(CCCCCCOc1ccc(C(=O)O)cc1)c1ccc(OCCC[C@@H](C)CC)cc1. The molecular formula is C30H44O4. The first-order valence-electron chi connectivity index (χ1n) is 13.2. The van der Waals surface area contributed by atoms with E-state index >= 15 is 0 Å². The predicted molar refractivity (Wildman–Crippen MR) is 140 cm³/mol. The van der Waals surface area contributed by atoms with E-state index in [0.717, 1.165) is 43.3 Å². The van der Waals surface area contributed by atoms with E-state index in [4.69, 9.17) is 14.6 Å². The van der Waals surface area contributed by atoms with Gasteiger partial charge in [-0.25, -0.2) is 4.79 Å². The molecule has 4 nitrogen and oxygen atoms in total. The molecule has 2 aromatic carbocycles. The number of carbonyl (C=O) groups is 1. The Labute approximate surface area is 206 Å². The summed E-state index contributed by atoms with van der Waals surface area (Å²) in [6.45, 7) is 8.30. The fraction of sp³-hybridized carbons (Fsp3) is 0.567. The molecule has 0 aliphatic heterocycles. The van der Waals surface area contributed by atoms with Crippen LogP contribution in [-0.4, -0.2) is 24.3 Å². The monoisotopic (exact) mass is 468 g/mol. The molecule has 0 aliphatic carbocycles. The number of hydrogen-bond acceptors (Lipinski definition) is 3. The maximum atomic E-state index is 10.9. The summed E-state index contributed by atoms with van der Waals surface area (Å²) in [4.78, 5) is 10.9. The summed E-state index contributed by atoms with van der Waals surface area (Å²) in [5.41, 5.74) is 1.72. The molecule has 2 aromatic rings. The van der Waals surface area contributed by atoms with E-state index in [1.165, 1.54) is 50.5 Å². The van der Waals surface area contributed by atoms with Crippen LogP contribution in [0.15, 0.2) is 48.5 Å². The maximum Gasteiger partial charge on any atom is 0.335 e. The van der Waals surface area contributed by atoms with Crippen LogP contribution in [0.2, 0.25) is 0 Å². The molecule has 0 saturated heterocycles. The smallest absolute Gasteiger partial charge is 0.335 e. The molecule has 2 atom stereocenters. The van der Waals surface area contributed by atoms with Crippen LogP contribution in [0.25, 0.3) is 0 Å². The fourth-order valence-electron chi connectivity index (χ4n) is 4.22. The van der Waals surface area contributed by atoms with Crippen molar-refractivity contribution in [2.45, 2.75) is 90.9 Å². The van der Waals surface area contributed by atoms with Gasteiger partial charge in [0.25, 0.3) is 0 Å². The van der Waals surface area contributed by atoms with E-state index in [2.05, 4.69) is 45.0 Å². The zero-order valence-electron chi connectivity index (χ0n) is 21.4. The van der Waals surface area contributed by atoms with Crippen LogP contribution in [-0.2, 0) is 0 Å². The van der Waals surface area contributed by atoms with Crippen molar-refractivity contribution >= 4 is 5.97 Å². The van der Waals surface area contributed by atoms with Gasteiger partial charge in [0.2, 0.25) is 0 Å². The summed E-state index contributed by atoms with van der Waals surface area (Å²) in [6, 6.07) is 15.4. The molecular weight excluding hydrogens is 424 g/mol. The van der Waals surface area contributed by atoms with Gasteiger partial charge in [-0.1, -0.05) is 65.0 Å². The third-order valence-corrected chi connectivity index (χ3v) is 6.61. The number of carboxylic acids is 1. The third-order valence-electron chi connectivity index (χ3n) is 6.61. The minimum atomic E-state index is -0.912. The van der Waals surface area contributed by atoms with Gasteiger partial charge < -0.3 is 14.6 Å². The summed E-state index contributed by atoms with van der Waals surface area (Å²) >= 11 is 0. The highest BCUT2D eigenvalue weighted by Gasteiger charge is 2.11. The van der Waals surface area contributed by atoms with Gasteiger partial charge >= 0.3 is 5.97 Å². The van der Waals surface area contributed by atoms with Crippen LogP contribution in [0, 0.1) is 5.92 Å². The van der Waals surface area contributed by atoms with Gasteiger partial charge in [-0.2, -0.15) is 0 Å². The van der Waals surface area contributed by atoms with Crippen molar-refractivity contribution in [3.05, 3.63) is 59.7 Å². The summed E-state index contributed by atoms with van der Waals surface area (Å²) in [7, 11) is 0. The average molecular weight is 469 g/mol. The van der Waals surface area contributed by atoms with Crippen molar-refractivity contribution in [3.63, 3.8) is 0 Å². The molecule has 0 amide bonds. The molecule has 0 spiro atoms. The topological polar surface area (TPSA) is 55.8 Å². The Morgan fingerprint density at radius 3 is 1.94 bits per heavy atom. The van der Waals surface area contributed by atoms with Gasteiger partial charge in [-0.05, 0) is 85.9 Å². The molecule has 188 valence electrons. The first-order chi connectivity index (χ1) is 16.5. The first kappa shape index (κ1) is 27.8. The van der Waals surface area contributed by atoms with E-state index in [1.54, 1.807) is 24.3 Å². The van der Waals surface area contributed by atoms with Crippen LogP contribution < -0.4 is 9.47 Å². The maximum absolute atomic E-state index is 10.9. The zero-order chi connectivity index (χ0) is 24.6. The quantitative estimate of drug-likeness (QED) is 0.223. The number of unbranched alkanes of at least 4 members (excludes halogenated alkanes) is 3. The summed E-state index contributed by atoms with van der Waals surface area (Å²) in [6.07, 6.45) is 11.8. The Kier molecular flexibility index (Phi) is 13.2. The normalized spacial score (nSPS) is 12.8. The summed E-state index contributed by atoms with van der Waals surface area (Å²) in [5, 5.41) is 8.95. The third kappa shape index (κ3) is 10.6. The van der Waals surface area contributed by atoms with Gasteiger partial charge in [-0.15, -0.1) is 0 Å². The van der Waals surface area contributed by atoms with Crippen LogP contribution >= 0.6 is 0 Å². The standard InChI is InChI=1S/C30H44O4/c1-4-11-25(26-14-18-28(19-15-26)34-23-10-12-24(3)5-2)13-8-6-7-9-22-33-29-20-16-27(17-21-29)30(31)32/h14-21,24-25H,4-13,22-23H2,1-3H3,(H,31,32)/t24-,25?/m0/s1. The Hall–Kier alpha value is -2.49. The van der Waals surface area contributed by atoms with E-state index < -0.39 is 5.97 Å². The number of rotatable bonds is 18. The van der Waals surface area contributed by atoms with Crippen LogP contribution in [0.1, 0.15) is 107 Å². The lowest BCUT2D eigenvalue weighted by atomic mass is 9.89. The Morgan fingerprint density at radius 2 is 1.35 bits per heavy atom. The van der Waals surface area contributed by atoms with Crippen molar-refractivity contribution in [2.75, 3.05) is 13.2 Å². The summed E-state index contributed by atoms with van der Waals surface area (Å²) in [5.74, 6) is 2.21. The van der Waals surface area contributed by atoms with E-state index in [1.807, 2.05) is 0 Å². The predicted octanol–water partition coefficient (Wildman–Crippen LogP) is 8.50. The number of ether oxygens (including phenoxy) is 2. The summed E-state index contributed by atoms with van der Waals surface area (Å²) < 4.78 is 11.7. The first-order valence-corrected chi connectivity index (χ1v) is 13.2. The average Bonchev–Trinajstić information content (AvgIpc) is 2.86. The highest BCUT2D eigenvalue weighted by Crippen LogP contribution is 2.29. The lowest BCUT2D eigenvalue weighted by Gasteiger charge is -2.17. The second-order valence-corrected chi connectivity index (χ2v) is 9.44. The molecule has 0 saturated carbocycles. The zero-order valence-corrected chi connectivity index (χ0v) is 21.4. The van der Waals surface area contributed by atoms with Crippen LogP contribution in [0.5, 0.6) is 11.5 Å². The van der Waals surface area contributed by atoms with Crippen molar-refractivity contribution in [1.82, 2.24) is 0 Å².